The lowest BCUT2D eigenvalue weighted by Gasteiger charge is -2.21. The number of aromatic nitrogens is 2. The smallest absolute Gasteiger partial charge is 0.357 e. The van der Waals surface area contributed by atoms with Crippen LogP contribution in [0, 0.1) is 0 Å². The van der Waals surface area contributed by atoms with Crippen LogP contribution in [0.25, 0.3) is 6.08 Å². The molecule has 3 rings (SSSR count). The van der Waals surface area contributed by atoms with Crippen molar-refractivity contribution < 1.29 is 19.7 Å². The molecule has 2 aromatic rings. The summed E-state index contributed by atoms with van der Waals surface area (Å²) in [6.45, 7) is 3.41. The fourth-order valence-electron chi connectivity index (χ4n) is 2.79. The minimum absolute atomic E-state index is 0.0926. The van der Waals surface area contributed by atoms with Gasteiger partial charge in [-0.25, -0.2) is 14.8 Å². The van der Waals surface area contributed by atoms with Gasteiger partial charge >= 0.3 is 5.97 Å². The third-order valence-electron chi connectivity index (χ3n) is 3.99. The van der Waals surface area contributed by atoms with E-state index in [-0.39, 0.29) is 11.8 Å². The molecular weight excluding hydrogens is 340 g/mol. The van der Waals surface area contributed by atoms with Crippen molar-refractivity contribution in [3.8, 4) is 0 Å². The van der Waals surface area contributed by atoms with Crippen molar-refractivity contribution in [1.82, 2.24) is 9.97 Å². The van der Waals surface area contributed by atoms with Crippen LogP contribution in [0.4, 0.5) is 0 Å². The fourth-order valence-corrected chi connectivity index (χ4v) is 3.52. The number of rotatable bonds is 5. The monoisotopic (exact) mass is 360 g/mol. The number of carbonyl (C=O) groups is 1. The van der Waals surface area contributed by atoms with Gasteiger partial charge in [-0.3, -0.25) is 0 Å². The molecule has 25 heavy (non-hydrogen) atoms. The molecule has 0 aromatic carbocycles. The van der Waals surface area contributed by atoms with E-state index in [0.29, 0.717) is 29.7 Å². The van der Waals surface area contributed by atoms with Crippen LogP contribution in [-0.4, -0.2) is 32.3 Å². The number of aliphatic hydroxyl groups excluding tert-OH is 2. The predicted molar refractivity (Wildman–Crippen MR) is 94.2 cm³/mol. The summed E-state index contributed by atoms with van der Waals surface area (Å²) in [7, 11) is 0. The molecule has 132 valence electrons. The Morgan fingerprint density at radius 1 is 1.48 bits per heavy atom. The zero-order chi connectivity index (χ0) is 18.0. The maximum atomic E-state index is 12.5. The van der Waals surface area contributed by atoms with Crippen LogP contribution in [-0.2, 0) is 11.2 Å². The SMILES string of the molecule is CC(Cc1nccs1)OC(=O)c1cc(C(C)O)c2c(n1)C(O)CC=C2. The Balaban J connectivity index is 1.84. The molecule has 1 aliphatic rings. The van der Waals surface area contributed by atoms with E-state index in [2.05, 4.69) is 9.97 Å². The topological polar surface area (TPSA) is 92.5 Å². The number of hydrogen-bond acceptors (Lipinski definition) is 7. The summed E-state index contributed by atoms with van der Waals surface area (Å²) in [6, 6.07) is 1.53. The first-order chi connectivity index (χ1) is 12.0. The Morgan fingerprint density at radius 3 is 2.96 bits per heavy atom. The first-order valence-corrected chi connectivity index (χ1v) is 9.00. The van der Waals surface area contributed by atoms with Gasteiger partial charge in [-0.1, -0.05) is 12.2 Å². The number of esters is 1. The number of ether oxygens (including phenoxy) is 1. The number of fused-ring (bicyclic) bond motifs is 1. The van der Waals surface area contributed by atoms with E-state index in [1.165, 1.54) is 17.4 Å². The molecule has 3 unspecified atom stereocenters. The summed E-state index contributed by atoms with van der Waals surface area (Å²) in [5.74, 6) is -0.574. The molecule has 0 spiro atoms. The average molecular weight is 360 g/mol. The largest absolute Gasteiger partial charge is 0.458 e. The highest BCUT2D eigenvalue weighted by molar-refractivity contribution is 7.09. The molecule has 2 N–H and O–H groups in total. The van der Waals surface area contributed by atoms with E-state index in [1.807, 2.05) is 17.5 Å². The minimum atomic E-state index is -0.794. The van der Waals surface area contributed by atoms with Gasteiger partial charge < -0.3 is 14.9 Å². The molecule has 0 amide bonds. The third-order valence-corrected chi connectivity index (χ3v) is 4.79. The molecule has 2 aromatic heterocycles. The first-order valence-electron chi connectivity index (χ1n) is 8.12. The second-order valence-corrected chi connectivity index (χ2v) is 7.05. The lowest BCUT2D eigenvalue weighted by atomic mass is 9.93. The second-order valence-electron chi connectivity index (χ2n) is 6.07. The highest BCUT2D eigenvalue weighted by Gasteiger charge is 2.25. The summed E-state index contributed by atoms with van der Waals surface area (Å²) < 4.78 is 5.45. The maximum Gasteiger partial charge on any atom is 0.357 e. The Hall–Kier alpha value is -2.09. The van der Waals surface area contributed by atoms with Gasteiger partial charge in [0, 0.05) is 23.6 Å². The van der Waals surface area contributed by atoms with E-state index in [0.717, 1.165) is 5.01 Å². The van der Waals surface area contributed by atoms with Gasteiger partial charge in [-0.15, -0.1) is 11.3 Å². The number of thiazole rings is 1. The second kappa shape index (κ2) is 7.43. The van der Waals surface area contributed by atoms with Crippen LogP contribution in [0.5, 0.6) is 0 Å². The van der Waals surface area contributed by atoms with Crippen molar-refractivity contribution in [3.63, 3.8) is 0 Å². The molecule has 0 aliphatic heterocycles. The van der Waals surface area contributed by atoms with Crippen molar-refractivity contribution >= 4 is 23.4 Å². The van der Waals surface area contributed by atoms with Gasteiger partial charge in [-0.05, 0) is 31.9 Å². The number of aliphatic hydroxyl groups is 2. The molecule has 7 heteroatoms. The lowest BCUT2D eigenvalue weighted by Crippen LogP contribution is -2.20. The first kappa shape index (κ1) is 17.7. The zero-order valence-electron chi connectivity index (χ0n) is 14.0. The Bertz CT molecular complexity index is 787. The van der Waals surface area contributed by atoms with Crippen molar-refractivity contribution in [2.45, 2.75) is 45.0 Å². The van der Waals surface area contributed by atoms with Crippen LogP contribution in [0.3, 0.4) is 0 Å². The third kappa shape index (κ3) is 3.95. The van der Waals surface area contributed by atoms with Crippen molar-refractivity contribution in [3.05, 3.63) is 51.2 Å². The number of pyridine rings is 1. The Morgan fingerprint density at radius 2 is 2.28 bits per heavy atom. The average Bonchev–Trinajstić information content (AvgIpc) is 3.07. The van der Waals surface area contributed by atoms with Gasteiger partial charge in [0.15, 0.2) is 0 Å². The van der Waals surface area contributed by atoms with E-state index < -0.39 is 18.2 Å². The number of nitrogens with zero attached hydrogens (tertiary/aromatic N) is 2. The number of carbonyl (C=O) groups excluding carboxylic acids is 1. The number of hydrogen-bond donors (Lipinski definition) is 2. The highest BCUT2D eigenvalue weighted by Crippen LogP contribution is 2.32. The van der Waals surface area contributed by atoms with Crippen LogP contribution in [0.15, 0.2) is 23.7 Å². The molecule has 0 radical (unpaired) electrons. The molecule has 1 aliphatic carbocycles. The normalized spacial score (nSPS) is 18.5. The van der Waals surface area contributed by atoms with E-state index >= 15 is 0 Å². The van der Waals surface area contributed by atoms with Gasteiger partial charge in [0.1, 0.15) is 17.9 Å². The molecule has 2 heterocycles. The summed E-state index contributed by atoms with van der Waals surface area (Å²) >= 11 is 1.51. The van der Waals surface area contributed by atoms with Gasteiger partial charge in [0.25, 0.3) is 0 Å². The predicted octanol–water partition coefficient (Wildman–Crippen LogP) is 2.83. The fraction of sp³-hybridized carbons (Fsp3) is 0.389. The Labute approximate surface area is 149 Å². The van der Waals surface area contributed by atoms with Crippen LogP contribution in [0.1, 0.15) is 64.8 Å². The standard InChI is InChI=1S/C18H20N2O4S/c1-10(8-16-19-6-7-25-16)24-18(23)14-9-13(11(2)21)12-4-3-5-15(22)17(12)20-14/h3-4,6-7,9-11,15,21-22H,5,8H2,1-2H3. The molecule has 0 saturated heterocycles. The molecule has 0 saturated carbocycles. The van der Waals surface area contributed by atoms with Crippen LogP contribution < -0.4 is 0 Å². The molecule has 3 atom stereocenters. The lowest BCUT2D eigenvalue weighted by molar-refractivity contribution is 0.0334. The van der Waals surface area contributed by atoms with Crippen molar-refractivity contribution in [2.24, 2.45) is 0 Å². The summed E-state index contributed by atoms with van der Waals surface area (Å²) in [6.07, 6.45) is 4.39. The Kier molecular flexibility index (Phi) is 5.27. The van der Waals surface area contributed by atoms with E-state index in [9.17, 15) is 15.0 Å². The van der Waals surface area contributed by atoms with Crippen molar-refractivity contribution in [1.29, 1.82) is 0 Å². The van der Waals surface area contributed by atoms with Crippen molar-refractivity contribution in [2.75, 3.05) is 0 Å². The van der Waals surface area contributed by atoms with Crippen LogP contribution >= 0.6 is 11.3 Å². The van der Waals surface area contributed by atoms with Gasteiger partial charge in [0.05, 0.1) is 16.8 Å². The van der Waals surface area contributed by atoms with E-state index in [4.69, 9.17) is 4.74 Å². The summed E-state index contributed by atoms with van der Waals surface area (Å²) in [5, 5.41) is 23.0. The maximum absolute atomic E-state index is 12.5. The molecule has 0 bridgehead atoms. The minimum Gasteiger partial charge on any atom is -0.458 e. The summed E-state index contributed by atoms with van der Waals surface area (Å²) in [5.41, 5.74) is 1.72. The van der Waals surface area contributed by atoms with E-state index in [1.54, 1.807) is 20.0 Å². The quantitative estimate of drug-likeness (QED) is 0.797. The zero-order valence-corrected chi connectivity index (χ0v) is 14.9. The molecular formula is C18H20N2O4S. The van der Waals surface area contributed by atoms with Crippen LogP contribution in [0.2, 0.25) is 0 Å². The van der Waals surface area contributed by atoms with Gasteiger partial charge in [-0.2, -0.15) is 0 Å². The molecule has 6 nitrogen and oxygen atoms in total. The summed E-state index contributed by atoms with van der Waals surface area (Å²) in [4.78, 5) is 20.9. The van der Waals surface area contributed by atoms with Gasteiger partial charge in [0.2, 0.25) is 0 Å². The highest BCUT2D eigenvalue weighted by atomic mass is 32.1. The molecule has 0 fully saturated rings.